The maximum atomic E-state index is 5.99. The van der Waals surface area contributed by atoms with Gasteiger partial charge in [-0.2, -0.15) is 0 Å². The largest absolute Gasteiger partial charge is 0.354 e. The Labute approximate surface area is 135 Å². The van der Waals surface area contributed by atoms with Gasteiger partial charge in [0.2, 0.25) is 0 Å². The number of pyridine rings is 1. The third-order valence-electron chi connectivity index (χ3n) is 4.28. The van der Waals surface area contributed by atoms with Crippen LogP contribution in [0.3, 0.4) is 0 Å². The van der Waals surface area contributed by atoms with Crippen molar-refractivity contribution in [2.24, 2.45) is 0 Å². The summed E-state index contributed by atoms with van der Waals surface area (Å²) in [7, 11) is 0. The zero-order valence-electron chi connectivity index (χ0n) is 12.4. The first kappa shape index (κ1) is 13.5. The van der Waals surface area contributed by atoms with E-state index in [0.717, 1.165) is 24.0 Å². The molecule has 0 aromatic carbocycles. The Hall–Kier alpha value is -2.14. The number of nitrogens with one attached hydrogen (secondary N) is 1. The predicted octanol–water partition coefficient (Wildman–Crippen LogP) is 3.10. The van der Waals surface area contributed by atoms with E-state index in [4.69, 9.17) is 16.6 Å². The van der Waals surface area contributed by atoms with E-state index in [1.165, 1.54) is 12.8 Å². The lowest BCUT2D eigenvalue weighted by Gasteiger charge is -2.28. The molecule has 0 saturated carbocycles. The third-order valence-corrected chi connectivity index (χ3v) is 4.49. The highest BCUT2D eigenvalue weighted by Gasteiger charge is 2.26. The van der Waals surface area contributed by atoms with E-state index >= 15 is 0 Å². The minimum Gasteiger partial charge on any atom is -0.354 e. The molecule has 5 nitrogen and oxygen atoms in total. The molecule has 0 aliphatic carbocycles. The van der Waals surface area contributed by atoms with Crippen LogP contribution in [0.2, 0.25) is 0 Å². The van der Waals surface area contributed by atoms with Crippen LogP contribution in [-0.4, -0.2) is 22.6 Å². The van der Waals surface area contributed by atoms with Gasteiger partial charge >= 0.3 is 0 Å². The summed E-state index contributed by atoms with van der Waals surface area (Å²) < 4.78 is 0. The third kappa shape index (κ3) is 2.22. The van der Waals surface area contributed by atoms with Crippen LogP contribution in [0.1, 0.15) is 19.8 Å². The van der Waals surface area contributed by atoms with Crippen LogP contribution in [0.4, 0.5) is 11.6 Å². The van der Waals surface area contributed by atoms with Crippen molar-refractivity contribution < 1.29 is 0 Å². The number of hydrazine groups is 1. The fourth-order valence-electron chi connectivity index (χ4n) is 3.13. The predicted molar refractivity (Wildman–Crippen MR) is 88.9 cm³/mol. The Bertz CT molecular complexity index is 681. The summed E-state index contributed by atoms with van der Waals surface area (Å²) in [5.41, 5.74) is 3.08. The molecular weight excluding hydrogens is 298 g/mol. The molecule has 1 atom stereocenters. The molecule has 4 rings (SSSR count). The van der Waals surface area contributed by atoms with Crippen molar-refractivity contribution in [2.45, 2.75) is 25.8 Å². The molecule has 1 N–H and O–H groups in total. The molecule has 0 bridgehead atoms. The first-order valence-electron chi connectivity index (χ1n) is 7.57. The second kappa shape index (κ2) is 5.25. The number of hydrogen-bond acceptors (Lipinski definition) is 5. The number of aromatic nitrogens is 1. The lowest BCUT2D eigenvalue weighted by molar-refractivity contribution is 0.395. The van der Waals surface area contributed by atoms with E-state index < -0.39 is 0 Å². The monoisotopic (exact) mass is 315 g/mol. The van der Waals surface area contributed by atoms with Crippen molar-refractivity contribution >= 4 is 23.2 Å². The fourth-order valence-corrected chi connectivity index (χ4v) is 3.28. The molecule has 1 unspecified atom stereocenters. The Kier molecular flexibility index (Phi) is 3.22. The van der Waals surface area contributed by atoms with E-state index in [2.05, 4.69) is 34.3 Å². The number of fused-ring (bicyclic) bond motifs is 1. The van der Waals surface area contributed by atoms with Crippen molar-refractivity contribution in [3.63, 3.8) is 0 Å². The molecule has 3 aliphatic heterocycles. The fraction of sp³-hybridized carbons (Fsp3) is 0.312. The van der Waals surface area contributed by atoms with E-state index in [1.54, 1.807) is 0 Å². The Morgan fingerprint density at radius 1 is 1.23 bits per heavy atom. The quantitative estimate of drug-likeness (QED) is 0.848. The topological polar surface area (TPSA) is 34.6 Å². The van der Waals surface area contributed by atoms with Gasteiger partial charge in [-0.05, 0) is 44.1 Å². The molecule has 3 aliphatic rings. The summed E-state index contributed by atoms with van der Waals surface area (Å²) in [6.07, 6.45) is 10.2. The smallest absolute Gasteiger partial charge is 0.140 e. The normalized spacial score (nSPS) is 23.4. The minimum atomic E-state index is 0.561. The SMILES string of the molecule is CC1CCCN1c1cccc(N2C=CN3NC(Cl)=CC=C32)n1. The highest BCUT2D eigenvalue weighted by molar-refractivity contribution is 6.29. The zero-order chi connectivity index (χ0) is 15.1. The number of allylic oxidation sites excluding steroid dienone is 2. The lowest BCUT2D eigenvalue weighted by atomic mass is 10.2. The highest BCUT2D eigenvalue weighted by atomic mass is 35.5. The van der Waals surface area contributed by atoms with Gasteiger partial charge in [-0.1, -0.05) is 17.7 Å². The first-order valence-corrected chi connectivity index (χ1v) is 7.95. The number of nitrogens with zero attached hydrogens (tertiary/aromatic N) is 4. The molecule has 114 valence electrons. The molecule has 1 fully saturated rings. The average Bonchev–Trinajstić information content (AvgIpc) is 3.13. The van der Waals surface area contributed by atoms with Crippen molar-refractivity contribution in [1.82, 2.24) is 15.4 Å². The maximum absolute atomic E-state index is 5.99. The molecule has 22 heavy (non-hydrogen) atoms. The number of hydrogen-bond donors (Lipinski definition) is 1. The zero-order valence-corrected chi connectivity index (χ0v) is 13.2. The van der Waals surface area contributed by atoms with Gasteiger partial charge in [0.1, 0.15) is 22.6 Å². The van der Waals surface area contributed by atoms with Gasteiger partial charge in [-0.3, -0.25) is 10.3 Å². The van der Waals surface area contributed by atoms with E-state index in [-0.39, 0.29) is 0 Å². The summed E-state index contributed by atoms with van der Waals surface area (Å²) in [5.74, 6) is 2.95. The number of rotatable bonds is 2. The van der Waals surface area contributed by atoms with E-state index in [1.807, 2.05) is 35.6 Å². The van der Waals surface area contributed by atoms with Gasteiger partial charge in [-0.25, -0.2) is 9.99 Å². The van der Waals surface area contributed by atoms with Crippen LogP contribution in [0.25, 0.3) is 0 Å². The van der Waals surface area contributed by atoms with Crippen LogP contribution in [0.5, 0.6) is 0 Å². The summed E-state index contributed by atoms with van der Waals surface area (Å²) >= 11 is 5.99. The summed E-state index contributed by atoms with van der Waals surface area (Å²) in [6.45, 7) is 3.35. The van der Waals surface area contributed by atoms with Gasteiger partial charge in [0, 0.05) is 25.0 Å². The summed E-state index contributed by atoms with van der Waals surface area (Å²) in [4.78, 5) is 9.28. The molecule has 0 radical (unpaired) electrons. The Morgan fingerprint density at radius 3 is 2.91 bits per heavy atom. The first-order chi connectivity index (χ1) is 10.7. The molecular formula is C16H18ClN5. The van der Waals surface area contributed by atoms with Crippen molar-refractivity contribution in [3.05, 3.63) is 53.7 Å². The van der Waals surface area contributed by atoms with Crippen LogP contribution < -0.4 is 15.2 Å². The van der Waals surface area contributed by atoms with Crippen molar-refractivity contribution in [3.8, 4) is 0 Å². The Balaban J connectivity index is 1.65. The standard InChI is InChI=1S/C16H18ClN5/c1-12-4-3-9-20(12)14-5-2-6-15(18-14)21-10-11-22-16(21)8-7-13(17)19-22/h2,5-8,10-12,19H,3-4,9H2,1H3. The van der Waals surface area contributed by atoms with Gasteiger partial charge in [-0.15, -0.1) is 0 Å². The second-order valence-corrected chi connectivity index (χ2v) is 6.14. The molecule has 0 spiro atoms. The number of anilines is 2. The van der Waals surface area contributed by atoms with Gasteiger partial charge < -0.3 is 4.90 Å². The van der Waals surface area contributed by atoms with Crippen LogP contribution in [0.15, 0.2) is 53.7 Å². The minimum absolute atomic E-state index is 0.561. The molecule has 4 heterocycles. The summed E-state index contributed by atoms with van der Waals surface area (Å²) in [5, 5.41) is 2.48. The maximum Gasteiger partial charge on any atom is 0.140 e. The molecule has 1 aromatic heterocycles. The molecule has 1 saturated heterocycles. The van der Waals surface area contributed by atoms with E-state index in [0.29, 0.717) is 11.2 Å². The lowest BCUT2D eigenvalue weighted by Crippen LogP contribution is -2.35. The number of halogens is 1. The molecule has 6 heteroatoms. The second-order valence-electron chi connectivity index (χ2n) is 5.73. The Morgan fingerprint density at radius 2 is 2.09 bits per heavy atom. The van der Waals surface area contributed by atoms with Crippen LogP contribution in [0, 0.1) is 0 Å². The van der Waals surface area contributed by atoms with Crippen LogP contribution in [-0.2, 0) is 0 Å². The van der Waals surface area contributed by atoms with Crippen LogP contribution >= 0.6 is 11.6 Å². The van der Waals surface area contributed by atoms with Gasteiger partial charge in [0.15, 0.2) is 0 Å². The van der Waals surface area contributed by atoms with Gasteiger partial charge in [0.05, 0.1) is 0 Å². The highest BCUT2D eigenvalue weighted by Crippen LogP contribution is 2.30. The van der Waals surface area contributed by atoms with Crippen molar-refractivity contribution in [1.29, 1.82) is 0 Å². The van der Waals surface area contributed by atoms with Crippen molar-refractivity contribution in [2.75, 3.05) is 16.3 Å². The van der Waals surface area contributed by atoms with E-state index in [9.17, 15) is 0 Å². The van der Waals surface area contributed by atoms with Gasteiger partial charge in [0.25, 0.3) is 0 Å². The molecule has 1 aromatic rings. The molecule has 0 amide bonds. The summed E-state index contributed by atoms with van der Waals surface area (Å²) in [6, 6.07) is 6.75. The average molecular weight is 316 g/mol.